The molecule has 0 atom stereocenters. The van der Waals surface area contributed by atoms with Gasteiger partial charge in [-0.25, -0.2) is 9.80 Å². The van der Waals surface area contributed by atoms with Gasteiger partial charge in [-0.15, -0.1) is 0 Å². The normalized spacial score (nSPS) is 13.3. The number of rotatable bonds is 5. The zero-order valence-electron chi connectivity index (χ0n) is 12.8. The van der Waals surface area contributed by atoms with E-state index in [2.05, 4.69) is 5.43 Å². The minimum absolute atomic E-state index is 0.0225. The average molecular weight is 340 g/mol. The second kappa shape index (κ2) is 6.76. The van der Waals surface area contributed by atoms with Crippen LogP contribution in [0.5, 0.6) is 5.75 Å². The number of nitrogens with zero attached hydrogens (tertiary/aromatic N) is 2. The summed E-state index contributed by atoms with van der Waals surface area (Å²) >= 11 is 0. The van der Waals surface area contributed by atoms with Crippen LogP contribution in [0.25, 0.3) is 0 Å². The van der Waals surface area contributed by atoms with Gasteiger partial charge in [0.1, 0.15) is 30.7 Å². The molecule has 2 aromatic rings. The van der Waals surface area contributed by atoms with Crippen molar-refractivity contribution in [1.29, 1.82) is 5.26 Å². The Kier molecular flexibility index (Phi) is 4.34. The van der Waals surface area contributed by atoms with E-state index in [4.69, 9.17) is 14.4 Å². The van der Waals surface area contributed by atoms with Gasteiger partial charge in [-0.3, -0.25) is 20.3 Å². The number of benzene rings is 1. The molecule has 0 radical (unpaired) electrons. The van der Waals surface area contributed by atoms with Crippen molar-refractivity contribution in [3.63, 3.8) is 0 Å². The first-order valence-electron chi connectivity index (χ1n) is 7.20. The maximum absolute atomic E-state index is 12.0. The third kappa shape index (κ3) is 3.59. The van der Waals surface area contributed by atoms with E-state index in [0.29, 0.717) is 17.1 Å². The molecule has 1 aromatic carbocycles. The number of hydrazine groups is 1. The third-order valence-corrected chi connectivity index (χ3v) is 3.29. The second-order valence-corrected chi connectivity index (χ2v) is 5.04. The highest BCUT2D eigenvalue weighted by Gasteiger charge is 2.29. The van der Waals surface area contributed by atoms with Crippen LogP contribution in [0, 0.1) is 11.3 Å². The highest BCUT2D eigenvalue weighted by atomic mass is 16.5. The molecular weight excluding hydrogens is 328 g/mol. The maximum atomic E-state index is 12.0. The van der Waals surface area contributed by atoms with Gasteiger partial charge in [-0.2, -0.15) is 5.26 Å². The van der Waals surface area contributed by atoms with Crippen LogP contribution >= 0.6 is 0 Å². The monoisotopic (exact) mass is 340 g/mol. The van der Waals surface area contributed by atoms with E-state index in [1.165, 1.54) is 6.07 Å². The first-order valence-corrected chi connectivity index (χ1v) is 7.20. The number of nitriles is 1. The van der Waals surface area contributed by atoms with Gasteiger partial charge in [0.2, 0.25) is 5.91 Å². The fraction of sp³-hybridized carbons (Fsp3) is 0.125. The summed E-state index contributed by atoms with van der Waals surface area (Å²) in [6.45, 7) is -0.235. The molecule has 0 saturated carbocycles. The number of carbonyl (C=O) groups is 3. The summed E-state index contributed by atoms with van der Waals surface area (Å²) in [7, 11) is 0. The largest absolute Gasteiger partial charge is 0.484 e. The lowest BCUT2D eigenvalue weighted by Crippen LogP contribution is -2.44. The molecule has 1 saturated heterocycles. The standard InChI is InChI=1S/C16H12N4O5/c17-7-10-3-1-2-4-12(10)24-9-11-5-6-13(25-11)15(22)19-20-8-14(21)18-16(20)23/h1-6H,8-9H2,(H,19,22)(H,18,21,23). The lowest BCUT2D eigenvalue weighted by molar-refractivity contribution is -0.118. The van der Waals surface area contributed by atoms with Crippen LogP contribution in [-0.4, -0.2) is 29.4 Å². The topological polar surface area (TPSA) is 125 Å². The molecule has 0 bridgehead atoms. The van der Waals surface area contributed by atoms with Crippen LogP contribution in [0.1, 0.15) is 21.9 Å². The number of urea groups is 1. The molecular formula is C16H12N4O5. The van der Waals surface area contributed by atoms with E-state index < -0.39 is 17.8 Å². The van der Waals surface area contributed by atoms with E-state index in [9.17, 15) is 14.4 Å². The Balaban J connectivity index is 1.60. The first-order chi connectivity index (χ1) is 12.1. The number of amides is 4. The van der Waals surface area contributed by atoms with Gasteiger partial charge >= 0.3 is 11.9 Å². The van der Waals surface area contributed by atoms with Crippen molar-refractivity contribution in [2.75, 3.05) is 6.54 Å². The van der Waals surface area contributed by atoms with Crippen molar-refractivity contribution in [1.82, 2.24) is 15.8 Å². The number of nitrogens with one attached hydrogen (secondary N) is 2. The van der Waals surface area contributed by atoms with Crippen LogP contribution in [0.3, 0.4) is 0 Å². The predicted molar refractivity (Wildman–Crippen MR) is 81.9 cm³/mol. The second-order valence-electron chi connectivity index (χ2n) is 5.04. The van der Waals surface area contributed by atoms with Gasteiger partial charge in [0, 0.05) is 0 Å². The Bertz CT molecular complexity index is 883. The lowest BCUT2D eigenvalue weighted by Gasteiger charge is -2.13. The molecule has 9 heteroatoms. The molecule has 4 amide bonds. The maximum Gasteiger partial charge on any atom is 0.343 e. The van der Waals surface area contributed by atoms with Gasteiger partial charge in [0.05, 0.1) is 5.56 Å². The molecule has 126 valence electrons. The van der Waals surface area contributed by atoms with Crippen molar-refractivity contribution in [3.8, 4) is 11.8 Å². The summed E-state index contributed by atoms with van der Waals surface area (Å²) in [5.41, 5.74) is 2.65. The van der Waals surface area contributed by atoms with Crippen LogP contribution in [0.2, 0.25) is 0 Å². The van der Waals surface area contributed by atoms with E-state index >= 15 is 0 Å². The quantitative estimate of drug-likeness (QED) is 0.780. The summed E-state index contributed by atoms with van der Waals surface area (Å²) in [6, 6.07) is 11.0. The van der Waals surface area contributed by atoms with Crippen molar-refractivity contribution >= 4 is 17.8 Å². The van der Waals surface area contributed by atoms with Crippen molar-refractivity contribution < 1.29 is 23.5 Å². The van der Waals surface area contributed by atoms with Gasteiger partial charge in [0.15, 0.2) is 5.76 Å². The number of furan rings is 1. The van der Waals surface area contributed by atoms with E-state index in [-0.39, 0.29) is 18.9 Å². The van der Waals surface area contributed by atoms with Gasteiger partial charge < -0.3 is 9.15 Å². The van der Waals surface area contributed by atoms with Crippen LogP contribution in [0.4, 0.5) is 4.79 Å². The van der Waals surface area contributed by atoms with Crippen molar-refractivity contribution in [2.24, 2.45) is 0 Å². The first kappa shape index (κ1) is 16.1. The zero-order chi connectivity index (χ0) is 17.8. The Morgan fingerprint density at radius 1 is 1.32 bits per heavy atom. The Hall–Kier alpha value is -3.80. The number of hydrogen-bond donors (Lipinski definition) is 2. The van der Waals surface area contributed by atoms with Gasteiger partial charge in [-0.05, 0) is 24.3 Å². The molecule has 0 unspecified atom stereocenters. The van der Waals surface area contributed by atoms with Gasteiger partial charge in [-0.1, -0.05) is 12.1 Å². The SMILES string of the molecule is N#Cc1ccccc1OCc1ccc(C(=O)NN2CC(=O)NC2=O)o1. The minimum atomic E-state index is -0.707. The fourth-order valence-corrected chi connectivity index (χ4v) is 2.12. The van der Waals surface area contributed by atoms with Crippen molar-refractivity contribution in [2.45, 2.75) is 6.61 Å². The van der Waals surface area contributed by atoms with E-state index in [1.807, 2.05) is 11.4 Å². The highest BCUT2D eigenvalue weighted by Crippen LogP contribution is 2.19. The van der Waals surface area contributed by atoms with Crippen molar-refractivity contribution in [3.05, 3.63) is 53.5 Å². The summed E-state index contributed by atoms with van der Waals surface area (Å²) in [6.07, 6.45) is 0. The summed E-state index contributed by atoms with van der Waals surface area (Å²) in [5, 5.41) is 11.9. The molecule has 25 heavy (non-hydrogen) atoms. The van der Waals surface area contributed by atoms with Crippen LogP contribution in [0.15, 0.2) is 40.8 Å². The number of carbonyl (C=O) groups excluding carboxylic acids is 3. The summed E-state index contributed by atoms with van der Waals surface area (Å²) in [4.78, 5) is 34.5. The number of para-hydroxylation sites is 1. The third-order valence-electron chi connectivity index (χ3n) is 3.29. The highest BCUT2D eigenvalue weighted by molar-refractivity contribution is 6.03. The van der Waals surface area contributed by atoms with E-state index in [0.717, 1.165) is 5.01 Å². The molecule has 1 aromatic heterocycles. The number of imide groups is 1. The minimum Gasteiger partial charge on any atom is -0.484 e. The molecule has 0 spiro atoms. The Morgan fingerprint density at radius 3 is 2.84 bits per heavy atom. The predicted octanol–water partition coefficient (Wildman–Crippen LogP) is 0.927. The smallest absolute Gasteiger partial charge is 0.343 e. The molecule has 1 fully saturated rings. The molecule has 3 rings (SSSR count). The number of ether oxygens (including phenoxy) is 1. The Labute approximate surface area is 141 Å². The molecule has 0 aliphatic carbocycles. The van der Waals surface area contributed by atoms with Crippen LogP contribution < -0.4 is 15.5 Å². The zero-order valence-corrected chi connectivity index (χ0v) is 12.8. The molecule has 1 aliphatic rings. The van der Waals surface area contributed by atoms with Crippen LogP contribution in [-0.2, 0) is 11.4 Å². The lowest BCUT2D eigenvalue weighted by atomic mass is 10.2. The summed E-state index contributed by atoms with van der Waals surface area (Å²) < 4.78 is 10.9. The van der Waals surface area contributed by atoms with E-state index in [1.54, 1.807) is 30.3 Å². The molecule has 9 nitrogen and oxygen atoms in total. The average Bonchev–Trinajstić information content (AvgIpc) is 3.20. The Morgan fingerprint density at radius 2 is 2.12 bits per heavy atom. The van der Waals surface area contributed by atoms with Gasteiger partial charge in [0.25, 0.3) is 0 Å². The summed E-state index contributed by atoms with van der Waals surface area (Å²) in [5.74, 6) is -0.456. The number of hydrogen-bond acceptors (Lipinski definition) is 6. The molecule has 2 N–H and O–H groups in total. The molecule has 2 heterocycles. The fourth-order valence-electron chi connectivity index (χ4n) is 2.12. The molecule has 1 aliphatic heterocycles.